The first kappa shape index (κ1) is 16.9. The van der Waals surface area contributed by atoms with E-state index in [0.717, 1.165) is 30.5 Å². The van der Waals surface area contributed by atoms with E-state index < -0.39 is 5.82 Å². The van der Waals surface area contributed by atoms with Crippen LogP contribution in [0.2, 0.25) is 5.02 Å². The molecular formula is C19H20ClFN2O. The highest BCUT2D eigenvalue weighted by Crippen LogP contribution is 2.26. The second-order valence-corrected chi connectivity index (χ2v) is 6.49. The Kier molecular flexibility index (Phi) is 5.17. The SMILES string of the molecule is CNCC1CCCN1C(=O)c1ccc(-c2ccc(Cl)cc2)cc1F. The van der Waals surface area contributed by atoms with E-state index in [1.54, 1.807) is 29.2 Å². The lowest BCUT2D eigenvalue weighted by Gasteiger charge is -2.24. The zero-order chi connectivity index (χ0) is 17.1. The summed E-state index contributed by atoms with van der Waals surface area (Å²) >= 11 is 5.88. The Morgan fingerprint density at radius 1 is 1.25 bits per heavy atom. The molecule has 1 unspecified atom stereocenters. The summed E-state index contributed by atoms with van der Waals surface area (Å²) in [7, 11) is 1.86. The molecule has 2 aromatic rings. The topological polar surface area (TPSA) is 32.3 Å². The fourth-order valence-corrected chi connectivity index (χ4v) is 3.34. The number of hydrogen-bond donors (Lipinski definition) is 1. The van der Waals surface area contributed by atoms with Crippen LogP contribution in [0.1, 0.15) is 23.2 Å². The van der Waals surface area contributed by atoms with Gasteiger partial charge in [0.05, 0.1) is 5.56 Å². The first-order chi connectivity index (χ1) is 11.6. The average Bonchev–Trinajstić information content (AvgIpc) is 3.03. The molecule has 0 bridgehead atoms. The monoisotopic (exact) mass is 346 g/mol. The maximum atomic E-state index is 14.5. The van der Waals surface area contributed by atoms with Crippen LogP contribution in [0.3, 0.4) is 0 Å². The summed E-state index contributed by atoms with van der Waals surface area (Å²) in [5, 5.41) is 3.73. The molecule has 0 saturated carbocycles. The van der Waals surface area contributed by atoms with Crippen LogP contribution in [0.15, 0.2) is 42.5 Å². The standard InChI is InChI=1S/C19H20ClFN2O/c1-22-12-16-3-2-10-23(16)19(24)17-9-6-14(11-18(17)21)13-4-7-15(20)8-5-13/h4-9,11,16,22H,2-3,10,12H2,1H3. The number of carbonyl (C=O) groups is 1. The zero-order valence-electron chi connectivity index (χ0n) is 13.6. The first-order valence-corrected chi connectivity index (χ1v) is 8.49. The summed E-state index contributed by atoms with van der Waals surface area (Å²) in [6.45, 7) is 1.42. The number of carbonyl (C=O) groups excluding carboxylic acids is 1. The Morgan fingerprint density at radius 3 is 2.62 bits per heavy atom. The average molecular weight is 347 g/mol. The van der Waals surface area contributed by atoms with Gasteiger partial charge >= 0.3 is 0 Å². The third kappa shape index (κ3) is 3.45. The summed E-state index contributed by atoms with van der Waals surface area (Å²) in [5.41, 5.74) is 1.73. The molecule has 0 aliphatic carbocycles. The van der Waals surface area contributed by atoms with Crippen LogP contribution in [0, 0.1) is 5.82 Å². The predicted octanol–water partition coefficient (Wildman–Crippen LogP) is 3.97. The minimum absolute atomic E-state index is 0.135. The van der Waals surface area contributed by atoms with E-state index in [0.29, 0.717) is 11.6 Å². The molecule has 1 saturated heterocycles. The first-order valence-electron chi connectivity index (χ1n) is 8.11. The van der Waals surface area contributed by atoms with Crippen molar-refractivity contribution in [2.75, 3.05) is 20.1 Å². The molecule has 1 amide bonds. The van der Waals surface area contributed by atoms with Gasteiger partial charge in [-0.3, -0.25) is 4.79 Å². The van der Waals surface area contributed by atoms with Crippen molar-refractivity contribution in [2.45, 2.75) is 18.9 Å². The third-order valence-corrected chi connectivity index (χ3v) is 4.71. The minimum atomic E-state index is -0.484. The van der Waals surface area contributed by atoms with Crippen molar-refractivity contribution < 1.29 is 9.18 Å². The maximum absolute atomic E-state index is 14.5. The highest BCUT2D eigenvalue weighted by molar-refractivity contribution is 6.30. The minimum Gasteiger partial charge on any atom is -0.334 e. The predicted molar refractivity (Wildman–Crippen MR) is 94.8 cm³/mol. The number of hydrogen-bond acceptors (Lipinski definition) is 2. The van der Waals surface area contributed by atoms with E-state index in [-0.39, 0.29) is 17.5 Å². The van der Waals surface area contributed by atoms with Gasteiger partial charge in [-0.15, -0.1) is 0 Å². The second-order valence-electron chi connectivity index (χ2n) is 6.05. The summed E-state index contributed by atoms with van der Waals surface area (Å²) < 4.78 is 14.5. The molecule has 1 heterocycles. The van der Waals surface area contributed by atoms with Crippen molar-refractivity contribution in [3.63, 3.8) is 0 Å². The lowest BCUT2D eigenvalue weighted by molar-refractivity contribution is 0.0732. The number of benzene rings is 2. The van der Waals surface area contributed by atoms with Crippen LogP contribution in [-0.4, -0.2) is 37.0 Å². The van der Waals surface area contributed by atoms with Gasteiger partial charge in [0.25, 0.3) is 5.91 Å². The van der Waals surface area contributed by atoms with Crippen LogP contribution in [0.4, 0.5) is 4.39 Å². The largest absolute Gasteiger partial charge is 0.334 e. The molecule has 1 atom stereocenters. The van der Waals surface area contributed by atoms with Crippen LogP contribution in [0.5, 0.6) is 0 Å². The van der Waals surface area contributed by atoms with Gasteiger partial charge in [0, 0.05) is 24.2 Å². The summed E-state index contributed by atoms with van der Waals surface area (Å²) in [4.78, 5) is 14.5. The van der Waals surface area contributed by atoms with Gasteiger partial charge in [-0.1, -0.05) is 29.8 Å². The molecule has 3 rings (SSSR count). The van der Waals surface area contributed by atoms with E-state index in [2.05, 4.69) is 5.32 Å². The summed E-state index contributed by atoms with van der Waals surface area (Å²) in [5.74, 6) is -0.713. The van der Waals surface area contributed by atoms with Crippen LogP contribution < -0.4 is 5.32 Å². The van der Waals surface area contributed by atoms with Gasteiger partial charge in [0.15, 0.2) is 0 Å². The number of likely N-dealkylation sites (N-methyl/N-ethyl adjacent to an activating group) is 1. The number of amides is 1. The molecule has 1 aliphatic rings. The molecule has 1 N–H and O–H groups in total. The van der Waals surface area contributed by atoms with E-state index in [1.807, 2.05) is 19.2 Å². The Labute approximate surface area is 146 Å². The van der Waals surface area contributed by atoms with E-state index in [1.165, 1.54) is 6.07 Å². The van der Waals surface area contributed by atoms with E-state index in [9.17, 15) is 9.18 Å². The Balaban J connectivity index is 1.84. The Morgan fingerprint density at radius 2 is 1.96 bits per heavy atom. The quantitative estimate of drug-likeness (QED) is 0.908. The molecule has 0 radical (unpaired) electrons. The lowest BCUT2D eigenvalue weighted by Crippen LogP contribution is -2.41. The number of nitrogens with one attached hydrogen (secondary N) is 1. The van der Waals surface area contributed by atoms with Gasteiger partial charge in [-0.05, 0) is 55.3 Å². The molecule has 1 aliphatic heterocycles. The van der Waals surface area contributed by atoms with Crippen molar-refractivity contribution in [1.82, 2.24) is 10.2 Å². The van der Waals surface area contributed by atoms with Crippen molar-refractivity contribution in [1.29, 1.82) is 0 Å². The molecule has 126 valence electrons. The van der Waals surface area contributed by atoms with Gasteiger partial charge in [0.1, 0.15) is 5.82 Å². The van der Waals surface area contributed by atoms with Crippen molar-refractivity contribution in [2.24, 2.45) is 0 Å². The van der Waals surface area contributed by atoms with Crippen molar-refractivity contribution in [3.8, 4) is 11.1 Å². The third-order valence-electron chi connectivity index (χ3n) is 4.45. The van der Waals surface area contributed by atoms with E-state index in [4.69, 9.17) is 11.6 Å². The lowest BCUT2D eigenvalue weighted by atomic mass is 10.0. The molecule has 3 nitrogen and oxygen atoms in total. The van der Waals surface area contributed by atoms with Crippen LogP contribution in [0.25, 0.3) is 11.1 Å². The number of likely N-dealkylation sites (tertiary alicyclic amines) is 1. The summed E-state index contributed by atoms with van der Waals surface area (Å²) in [6.07, 6.45) is 1.92. The van der Waals surface area contributed by atoms with Crippen LogP contribution in [-0.2, 0) is 0 Å². The molecule has 0 spiro atoms. The van der Waals surface area contributed by atoms with Gasteiger partial charge in [-0.2, -0.15) is 0 Å². The molecular weight excluding hydrogens is 327 g/mol. The highest BCUT2D eigenvalue weighted by Gasteiger charge is 2.30. The molecule has 0 aromatic heterocycles. The fourth-order valence-electron chi connectivity index (χ4n) is 3.22. The van der Waals surface area contributed by atoms with E-state index >= 15 is 0 Å². The van der Waals surface area contributed by atoms with Gasteiger partial charge < -0.3 is 10.2 Å². The molecule has 5 heteroatoms. The Hall–Kier alpha value is -1.91. The molecule has 2 aromatic carbocycles. The molecule has 1 fully saturated rings. The summed E-state index contributed by atoms with van der Waals surface area (Å²) in [6, 6.07) is 12.1. The fraction of sp³-hybridized carbons (Fsp3) is 0.316. The van der Waals surface area contributed by atoms with Gasteiger partial charge in [-0.25, -0.2) is 4.39 Å². The number of halogens is 2. The Bertz CT molecular complexity index is 733. The maximum Gasteiger partial charge on any atom is 0.257 e. The second kappa shape index (κ2) is 7.32. The number of rotatable bonds is 4. The van der Waals surface area contributed by atoms with Gasteiger partial charge in [0.2, 0.25) is 0 Å². The van der Waals surface area contributed by atoms with Crippen LogP contribution >= 0.6 is 11.6 Å². The van der Waals surface area contributed by atoms with Crippen molar-refractivity contribution >= 4 is 17.5 Å². The highest BCUT2D eigenvalue weighted by atomic mass is 35.5. The smallest absolute Gasteiger partial charge is 0.257 e. The number of nitrogens with zero attached hydrogens (tertiary/aromatic N) is 1. The molecule has 24 heavy (non-hydrogen) atoms. The van der Waals surface area contributed by atoms with Crippen molar-refractivity contribution in [3.05, 3.63) is 58.9 Å². The normalized spacial score (nSPS) is 17.3. The zero-order valence-corrected chi connectivity index (χ0v) is 14.3.